The molecular weight excluding hydrogens is 401 g/mol. The van der Waals surface area contributed by atoms with E-state index < -0.39 is 46.5 Å². The van der Waals surface area contributed by atoms with Crippen LogP contribution in [0, 0.1) is 35.0 Å². The molecule has 0 aliphatic heterocycles. The summed E-state index contributed by atoms with van der Waals surface area (Å²) >= 11 is 0. The summed E-state index contributed by atoms with van der Waals surface area (Å²) in [6.45, 7) is 2.04. The van der Waals surface area contributed by atoms with Gasteiger partial charge in [0.05, 0.1) is 0 Å². The van der Waals surface area contributed by atoms with Gasteiger partial charge in [-0.25, -0.2) is 22.0 Å². The van der Waals surface area contributed by atoms with Crippen LogP contribution in [0.5, 0.6) is 5.75 Å². The molecule has 2 aromatic rings. The summed E-state index contributed by atoms with van der Waals surface area (Å²) in [4.78, 5) is 0. The zero-order chi connectivity index (χ0) is 21.3. The summed E-state index contributed by atoms with van der Waals surface area (Å²) < 4.78 is 101. The summed E-state index contributed by atoms with van der Waals surface area (Å²) in [5, 5.41) is 0. The van der Waals surface area contributed by atoms with Gasteiger partial charge in [0.25, 0.3) is 0 Å². The van der Waals surface area contributed by atoms with E-state index in [1.54, 1.807) is 0 Å². The van der Waals surface area contributed by atoms with Gasteiger partial charge < -0.3 is 4.74 Å². The van der Waals surface area contributed by atoms with Crippen molar-refractivity contribution >= 4 is 5.57 Å². The highest BCUT2D eigenvalue weighted by molar-refractivity contribution is 5.66. The van der Waals surface area contributed by atoms with Crippen molar-refractivity contribution in [3.8, 4) is 5.75 Å². The number of ether oxygens (including phenoxy) is 1. The van der Waals surface area contributed by atoms with Crippen LogP contribution >= 0.6 is 0 Å². The number of hydrogen-bond donors (Lipinski definition) is 0. The van der Waals surface area contributed by atoms with E-state index in [9.17, 15) is 30.7 Å². The molecule has 29 heavy (non-hydrogen) atoms. The minimum Gasteiger partial charge on any atom is -0.429 e. The molecular formula is C21H17F7O. The van der Waals surface area contributed by atoms with E-state index in [4.69, 9.17) is 0 Å². The Bertz CT molecular complexity index is 906. The van der Waals surface area contributed by atoms with Crippen LogP contribution in [0.25, 0.3) is 5.57 Å². The van der Waals surface area contributed by atoms with Gasteiger partial charge in [-0.05, 0) is 48.4 Å². The highest BCUT2D eigenvalue weighted by Gasteiger charge is 2.41. The molecule has 2 aromatic carbocycles. The van der Waals surface area contributed by atoms with Gasteiger partial charge in [0.1, 0.15) is 22.9 Å². The first-order chi connectivity index (χ1) is 13.6. The number of alkyl halides is 2. The molecule has 1 aliphatic carbocycles. The molecule has 0 fully saturated rings. The van der Waals surface area contributed by atoms with Crippen molar-refractivity contribution in [2.24, 2.45) is 5.92 Å². The lowest BCUT2D eigenvalue weighted by atomic mass is 9.85. The molecule has 1 atom stereocenters. The Hall–Kier alpha value is -2.51. The average molecular weight is 418 g/mol. The van der Waals surface area contributed by atoms with Gasteiger partial charge in [0.2, 0.25) is 0 Å². The van der Waals surface area contributed by atoms with Gasteiger partial charge in [-0.1, -0.05) is 19.4 Å². The number of rotatable bonds is 5. The minimum atomic E-state index is -4.59. The third kappa shape index (κ3) is 4.41. The molecule has 0 radical (unpaired) electrons. The van der Waals surface area contributed by atoms with Crippen molar-refractivity contribution in [2.45, 2.75) is 38.7 Å². The molecule has 0 amide bonds. The summed E-state index contributed by atoms with van der Waals surface area (Å²) in [6, 6.07) is 1.88. The van der Waals surface area contributed by atoms with Crippen molar-refractivity contribution in [3.63, 3.8) is 0 Å². The maximum atomic E-state index is 14.4. The fourth-order valence-electron chi connectivity index (χ4n) is 3.35. The fraction of sp³-hybridized carbons (Fsp3) is 0.333. The lowest BCUT2D eigenvalue weighted by molar-refractivity contribution is -0.189. The molecule has 3 rings (SSSR count). The monoisotopic (exact) mass is 418 g/mol. The van der Waals surface area contributed by atoms with Crippen LogP contribution in [0.1, 0.15) is 43.7 Å². The largest absolute Gasteiger partial charge is 0.432 e. The topological polar surface area (TPSA) is 9.23 Å². The molecule has 0 aromatic heterocycles. The molecule has 1 nitrogen and oxygen atoms in total. The van der Waals surface area contributed by atoms with E-state index in [2.05, 4.69) is 4.74 Å². The minimum absolute atomic E-state index is 0.146. The second kappa shape index (κ2) is 8.08. The average Bonchev–Trinajstić information content (AvgIpc) is 2.65. The molecule has 1 unspecified atom stereocenters. The Labute approximate surface area is 162 Å². The van der Waals surface area contributed by atoms with Crippen LogP contribution in [-0.2, 0) is 6.11 Å². The standard InChI is InChI=1S/C21H17F7O/c1-2-11-3-5-12(6-4-11)13-7-15(22)19(16(23)8-13)21(27,28)29-14-9-17(24)20(26)18(25)10-14/h5,7-11H,2-4,6H2,1H3. The highest BCUT2D eigenvalue weighted by Crippen LogP contribution is 2.38. The van der Waals surface area contributed by atoms with E-state index in [0.29, 0.717) is 17.9 Å². The Morgan fingerprint density at radius 1 is 0.931 bits per heavy atom. The second-order valence-corrected chi connectivity index (χ2v) is 6.91. The fourth-order valence-corrected chi connectivity index (χ4v) is 3.35. The summed E-state index contributed by atoms with van der Waals surface area (Å²) in [5.41, 5.74) is -0.895. The molecule has 0 bridgehead atoms. The number of hydrogen-bond acceptors (Lipinski definition) is 1. The first kappa shape index (κ1) is 21.2. The summed E-state index contributed by atoms with van der Waals surface area (Å²) in [7, 11) is 0. The van der Waals surface area contributed by atoms with E-state index >= 15 is 0 Å². The zero-order valence-corrected chi connectivity index (χ0v) is 15.3. The van der Waals surface area contributed by atoms with Gasteiger partial charge in [0, 0.05) is 12.1 Å². The molecule has 0 saturated heterocycles. The van der Waals surface area contributed by atoms with E-state index in [-0.39, 0.29) is 17.7 Å². The first-order valence-electron chi connectivity index (χ1n) is 9.02. The van der Waals surface area contributed by atoms with Crippen LogP contribution < -0.4 is 4.74 Å². The zero-order valence-electron chi connectivity index (χ0n) is 15.3. The molecule has 0 N–H and O–H groups in total. The van der Waals surface area contributed by atoms with Crippen molar-refractivity contribution in [2.75, 3.05) is 0 Å². The summed E-state index contributed by atoms with van der Waals surface area (Å²) in [5.74, 6) is -9.20. The first-order valence-corrected chi connectivity index (χ1v) is 9.02. The summed E-state index contributed by atoms with van der Waals surface area (Å²) in [6.07, 6.45) is 0.353. The van der Waals surface area contributed by atoms with Crippen LogP contribution in [0.4, 0.5) is 30.7 Å². The SMILES string of the molecule is CCC1CC=C(c2cc(F)c(C(F)(F)Oc3cc(F)c(F)c(F)c3)c(F)c2)CC1. The maximum absolute atomic E-state index is 14.4. The van der Waals surface area contributed by atoms with Crippen molar-refractivity contribution in [3.05, 3.63) is 70.6 Å². The third-order valence-corrected chi connectivity index (χ3v) is 5.00. The third-order valence-electron chi connectivity index (χ3n) is 5.00. The van der Waals surface area contributed by atoms with Gasteiger partial charge in [-0.2, -0.15) is 8.78 Å². The van der Waals surface area contributed by atoms with Crippen molar-refractivity contribution in [1.82, 2.24) is 0 Å². The molecule has 0 heterocycles. The predicted molar refractivity (Wildman–Crippen MR) is 92.8 cm³/mol. The normalized spacial score (nSPS) is 17.2. The lowest BCUT2D eigenvalue weighted by Crippen LogP contribution is -2.25. The molecule has 156 valence electrons. The van der Waals surface area contributed by atoms with Crippen LogP contribution in [0.15, 0.2) is 30.3 Å². The Kier molecular flexibility index (Phi) is 5.91. The van der Waals surface area contributed by atoms with Gasteiger partial charge >= 0.3 is 6.11 Å². The Morgan fingerprint density at radius 3 is 2.00 bits per heavy atom. The highest BCUT2D eigenvalue weighted by atomic mass is 19.3. The van der Waals surface area contributed by atoms with E-state index in [1.807, 2.05) is 13.0 Å². The quantitative estimate of drug-likeness (QED) is 0.372. The molecule has 0 spiro atoms. The van der Waals surface area contributed by atoms with Crippen molar-refractivity contribution in [1.29, 1.82) is 0 Å². The maximum Gasteiger partial charge on any atom is 0.432 e. The smallest absolute Gasteiger partial charge is 0.429 e. The number of benzene rings is 2. The van der Waals surface area contributed by atoms with Crippen LogP contribution in [0.3, 0.4) is 0 Å². The second-order valence-electron chi connectivity index (χ2n) is 6.91. The van der Waals surface area contributed by atoms with E-state index in [0.717, 1.165) is 31.4 Å². The van der Waals surface area contributed by atoms with Crippen molar-refractivity contribution < 1.29 is 35.5 Å². The van der Waals surface area contributed by atoms with Gasteiger partial charge in [-0.15, -0.1) is 0 Å². The Balaban J connectivity index is 1.91. The Morgan fingerprint density at radius 2 is 1.52 bits per heavy atom. The number of allylic oxidation sites excluding steroid dienone is 2. The molecule has 8 heteroatoms. The van der Waals surface area contributed by atoms with E-state index in [1.165, 1.54) is 0 Å². The predicted octanol–water partition coefficient (Wildman–Crippen LogP) is 7.10. The molecule has 1 aliphatic rings. The van der Waals surface area contributed by atoms with Gasteiger partial charge in [0.15, 0.2) is 17.5 Å². The lowest BCUT2D eigenvalue weighted by Gasteiger charge is -2.23. The van der Waals surface area contributed by atoms with Gasteiger partial charge in [-0.3, -0.25) is 0 Å². The number of halogens is 7. The molecule has 0 saturated carbocycles. The van der Waals surface area contributed by atoms with Crippen LogP contribution in [-0.4, -0.2) is 0 Å². The van der Waals surface area contributed by atoms with Crippen LogP contribution in [0.2, 0.25) is 0 Å².